The number of Topliss-reactive ketones (excluding diaryl/α,β-unsaturated/α-hetero) is 1. The third-order valence-electron chi connectivity index (χ3n) is 7.15. The molecule has 1 saturated heterocycles. The van der Waals surface area contributed by atoms with E-state index in [0.717, 1.165) is 25.7 Å². The minimum absolute atomic E-state index is 0.0344. The summed E-state index contributed by atoms with van der Waals surface area (Å²) in [5, 5.41) is 11.8. The van der Waals surface area contributed by atoms with Crippen LogP contribution in [0.5, 0.6) is 0 Å². The van der Waals surface area contributed by atoms with E-state index in [0.29, 0.717) is 31.3 Å². The molecule has 0 bridgehead atoms. The maximum absolute atomic E-state index is 14.5. The van der Waals surface area contributed by atoms with E-state index in [2.05, 4.69) is 11.4 Å². The lowest BCUT2D eigenvalue weighted by Crippen LogP contribution is -2.52. The fourth-order valence-corrected chi connectivity index (χ4v) is 4.41. The second-order valence-electron chi connectivity index (χ2n) is 9.73. The number of urea groups is 1. The number of piperidine rings is 1. The van der Waals surface area contributed by atoms with Crippen LogP contribution >= 0.6 is 0 Å². The van der Waals surface area contributed by atoms with Gasteiger partial charge in [-0.2, -0.15) is 5.26 Å². The van der Waals surface area contributed by atoms with Crippen molar-refractivity contribution in [1.82, 2.24) is 10.2 Å². The van der Waals surface area contributed by atoms with E-state index in [1.807, 2.05) is 0 Å². The fourth-order valence-electron chi connectivity index (χ4n) is 4.41. The van der Waals surface area contributed by atoms with Gasteiger partial charge in [-0.1, -0.05) is 0 Å². The summed E-state index contributed by atoms with van der Waals surface area (Å²) in [7, 11) is 0. The van der Waals surface area contributed by atoms with Crippen LogP contribution in [-0.4, -0.2) is 41.8 Å². The number of nitrogens with zero attached hydrogens (tertiary/aromatic N) is 2. The van der Waals surface area contributed by atoms with Gasteiger partial charge in [-0.15, -0.1) is 0 Å². The first kappa shape index (κ1) is 19.6. The lowest BCUT2D eigenvalue weighted by Gasteiger charge is -2.34. The second-order valence-corrected chi connectivity index (χ2v) is 9.73. The molecular weight excluding hydrogens is 364 g/mol. The third kappa shape index (κ3) is 4.64. The summed E-state index contributed by atoms with van der Waals surface area (Å²) in [5.74, 6) is -3.37. The average molecular weight is 393 g/mol. The van der Waals surface area contributed by atoms with Crippen molar-refractivity contribution in [2.45, 2.75) is 82.6 Å². The SMILES string of the molecule is N#CC1(CC(=O)[C@H](CC(F)(F)CC2CC2)NC(=O)N2CCC3(CC2)CC3)CC1. The zero-order chi connectivity index (χ0) is 20.0. The first-order chi connectivity index (χ1) is 13.2. The van der Waals surface area contributed by atoms with Crippen molar-refractivity contribution in [1.29, 1.82) is 5.26 Å². The summed E-state index contributed by atoms with van der Waals surface area (Å²) in [6.45, 7) is 1.24. The molecule has 4 aliphatic rings. The van der Waals surface area contributed by atoms with Crippen LogP contribution in [0.25, 0.3) is 0 Å². The van der Waals surface area contributed by atoms with Gasteiger partial charge >= 0.3 is 6.03 Å². The summed E-state index contributed by atoms with van der Waals surface area (Å²) < 4.78 is 29.0. The van der Waals surface area contributed by atoms with Crippen LogP contribution in [0.3, 0.4) is 0 Å². The van der Waals surface area contributed by atoms with Crippen molar-refractivity contribution in [2.75, 3.05) is 13.1 Å². The molecule has 1 aliphatic heterocycles. The largest absolute Gasteiger partial charge is 0.328 e. The zero-order valence-electron chi connectivity index (χ0n) is 16.3. The quantitative estimate of drug-likeness (QED) is 0.677. The van der Waals surface area contributed by atoms with Gasteiger partial charge in [0.15, 0.2) is 5.78 Å². The zero-order valence-corrected chi connectivity index (χ0v) is 16.3. The standard InChI is InChI=1S/C21H29F2N3O2/c22-21(23,11-15-1-2-15)12-16(17(27)13-20(14-24)5-6-20)25-18(28)26-9-7-19(3-4-19)8-10-26/h15-16H,1-13H2,(H,25,28)/t16-/m0/s1. The third-order valence-corrected chi connectivity index (χ3v) is 7.15. The fraction of sp³-hybridized carbons (Fsp3) is 0.857. The molecule has 0 aromatic rings. The van der Waals surface area contributed by atoms with Crippen molar-refractivity contribution in [3.8, 4) is 6.07 Å². The highest BCUT2D eigenvalue weighted by atomic mass is 19.3. The Morgan fingerprint density at radius 3 is 2.29 bits per heavy atom. The van der Waals surface area contributed by atoms with E-state index >= 15 is 0 Å². The molecule has 154 valence electrons. The number of hydrogen-bond donors (Lipinski definition) is 1. The van der Waals surface area contributed by atoms with Gasteiger partial charge in [-0.3, -0.25) is 4.79 Å². The summed E-state index contributed by atoms with van der Waals surface area (Å²) in [5.41, 5.74) is -0.288. The molecule has 5 nitrogen and oxygen atoms in total. The van der Waals surface area contributed by atoms with Crippen molar-refractivity contribution in [3.63, 3.8) is 0 Å². The van der Waals surface area contributed by atoms with Crippen molar-refractivity contribution in [3.05, 3.63) is 0 Å². The maximum atomic E-state index is 14.5. The highest BCUT2D eigenvalue weighted by molar-refractivity contribution is 5.89. The highest BCUT2D eigenvalue weighted by Gasteiger charge is 2.49. The Morgan fingerprint density at radius 2 is 1.79 bits per heavy atom. The van der Waals surface area contributed by atoms with Crippen LogP contribution < -0.4 is 5.32 Å². The first-order valence-electron chi connectivity index (χ1n) is 10.6. The van der Waals surface area contributed by atoms with Crippen LogP contribution in [0.4, 0.5) is 13.6 Å². The molecule has 7 heteroatoms. The molecule has 1 N–H and O–H groups in total. The van der Waals surface area contributed by atoms with Gasteiger partial charge in [0.1, 0.15) is 0 Å². The van der Waals surface area contributed by atoms with Crippen molar-refractivity contribution < 1.29 is 18.4 Å². The molecule has 2 amide bonds. The lowest BCUT2D eigenvalue weighted by molar-refractivity contribution is -0.124. The van der Waals surface area contributed by atoms with E-state index in [4.69, 9.17) is 0 Å². The monoisotopic (exact) mass is 393 g/mol. The molecule has 1 heterocycles. The van der Waals surface area contributed by atoms with Crippen LogP contribution in [0.1, 0.15) is 70.6 Å². The second kappa shape index (κ2) is 6.96. The van der Waals surface area contributed by atoms with Gasteiger partial charge in [0.25, 0.3) is 5.92 Å². The van der Waals surface area contributed by atoms with E-state index in [1.165, 1.54) is 12.8 Å². The molecule has 1 spiro atoms. The number of amides is 2. The Hall–Kier alpha value is -1.71. The van der Waals surface area contributed by atoms with Gasteiger partial charge < -0.3 is 10.2 Å². The predicted octanol–water partition coefficient (Wildman–Crippen LogP) is 4.03. The number of carbonyl (C=O) groups excluding carboxylic acids is 2. The van der Waals surface area contributed by atoms with Gasteiger partial charge in [0.2, 0.25) is 0 Å². The summed E-state index contributed by atoms with van der Waals surface area (Å²) >= 11 is 0. The van der Waals surface area contributed by atoms with E-state index < -0.39 is 35.6 Å². The van der Waals surface area contributed by atoms with Gasteiger partial charge in [0, 0.05) is 32.4 Å². The Balaban J connectivity index is 1.38. The Kier molecular flexibility index (Phi) is 4.87. The van der Waals surface area contributed by atoms with Crippen LogP contribution in [-0.2, 0) is 4.79 Å². The predicted molar refractivity (Wildman–Crippen MR) is 98.6 cm³/mol. The lowest BCUT2D eigenvalue weighted by atomic mass is 9.92. The molecule has 4 rings (SSSR count). The molecule has 0 unspecified atom stereocenters. The summed E-state index contributed by atoms with van der Waals surface area (Å²) in [4.78, 5) is 27.1. The van der Waals surface area contributed by atoms with Gasteiger partial charge in [-0.25, -0.2) is 13.6 Å². The summed E-state index contributed by atoms with van der Waals surface area (Å²) in [6, 6.07) is 0.507. The van der Waals surface area contributed by atoms with E-state index in [-0.39, 0.29) is 18.8 Å². The normalized spacial score (nSPS) is 25.7. The van der Waals surface area contributed by atoms with Crippen molar-refractivity contribution >= 4 is 11.8 Å². The molecule has 3 aliphatic carbocycles. The maximum Gasteiger partial charge on any atom is 0.317 e. The molecule has 1 atom stereocenters. The van der Waals surface area contributed by atoms with Gasteiger partial charge in [0.05, 0.1) is 17.5 Å². The minimum atomic E-state index is -2.97. The number of likely N-dealkylation sites (tertiary alicyclic amines) is 1. The van der Waals surface area contributed by atoms with Crippen molar-refractivity contribution in [2.24, 2.45) is 16.7 Å². The molecule has 4 fully saturated rings. The molecule has 28 heavy (non-hydrogen) atoms. The average Bonchev–Trinajstić information content (AvgIpc) is 3.50. The first-order valence-corrected chi connectivity index (χ1v) is 10.6. The smallest absolute Gasteiger partial charge is 0.317 e. The number of nitrogens with one attached hydrogen (secondary N) is 1. The molecular formula is C21H29F2N3O2. The number of alkyl halides is 2. The Labute approximate surface area is 164 Å². The van der Waals surface area contributed by atoms with E-state index in [1.54, 1.807) is 4.90 Å². The topological polar surface area (TPSA) is 73.2 Å². The molecule has 3 saturated carbocycles. The van der Waals surface area contributed by atoms with Crippen LogP contribution in [0.2, 0.25) is 0 Å². The molecule has 0 radical (unpaired) electrons. The number of carbonyl (C=O) groups is 2. The van der Waals surface area contributed by atoms with Crippen LogP contribution in [0, 0.1) is 28.1 Å². The number of hydrogen-bond acceptors (Lipinski definition) is 3. The highest BCUT2D eigenvalue weighted by Crippen LogP contribution is 2.53. The molecule has 0 aromatic carbocycles. The number of halogens is 2. The molecule has 0 aromatic heterocycles. The number of rotatable bonds is 8. The van der Waals surface area contributed by atoms with E-state index in [9.17, 15) is 23.6 Å². The summed E-state index contributed by atoms with van der Waals surface area (Å²) in [6.07, 6.45) is 6.29. The van der Waals surface area contributed by atoms with Crippen LogP contribution in [0.15, 0.2) is 0 Å². The number of nitriles is 1. The Bertz CT molecular complexity index is 680. The number of ketones is 1. The van der Waals surface area contributed by atoms with Gasteiger partial charge in [-0.05, 0) is 62.7 Å². The Morgan fingerprint density at radius 1 is 1.14 bits per heavy atom. The minimum Gasteiger partial charge on any atom is -0.328 e.